The second-order valence-corrected chi connectivity index (χ2v) is 8.54. The Labute approximate surface area is 160 Å². The molecule has 0 spiro atoms. The van der Waals surface area contributed by atoms with Crippen LogP contribution in [0.25, 0.3) is 16.8 Å². The normalized spacial score (nSPS) is 14.6. The second kappa shape index (κ2) is 5.66. The lowest BCUT2D eigenvalue weighted by molar-refractivity contribution is 0.620. The highest BCUT2D eigenvalue weighted by Gasteiger charge is 2.34. The van der Waals surface area contributed by atoms with Crippen molar-refractivity contribution in [3.05, 3.63) is 62.3 Å². The maximum absolute atomic E-state index is 13.9. The Morgan fingerprint density at radius 2 is 1.96 bits per heavy atom. The topological polar surface area (TPSA) is 17.0 Å². The van der Waals surface area contributed by atoms with E-state index in [9.17, 15) is 4.39 Å². The Morgan fingerprint density at radius 3 is 2.68 bits per heavy atom. The van der Waals surface area contributed by atoms with Crippen molar-refractivity contribution in [3.8, 4) is 16.8 Å². The van der Waals surface area contributed by atoms with E-state index in [1.54, 1.807) is 23.7 Å². The van der Waals surface area contributed by atoms with Gasteiger partial charge in [-0.3, -0.25) is 3.96 Å². The van der Waals surface area contributed by atoms with Gasteiger partial charge < -0.3 is 5.32 Å². The molecule has 2 nitrogen and oxygen atoms in total. The number of fused-ring (bicyclic) bond motifs is 3. The zero-order chi connectivity index (χ0) is 17.9. The van der Waals surface area contributed by atoms with Gasteiger partial charge in [0.25, 0.3) is 0 Å². The summed E-state index contributed by atoms with van der Waals surface area (Å²) in [4.78, 5) is 1.14. The van der Waals surface area contributed by atoms with Crippen molar-refractivity contribution >= 4 is 41.0 Å². The van der Waals surface area contributed by atoms with Gasteiger partial charge in [0, 0.05) is 22.9 Å². The van der Waals surface area contributed by atoms with Crippen LogP contribution in [0.5, 0.6) is 0 Å². The minimum absolute atomic E-state index is 0.111. The molecule has 0 fully saturated rings. The molecule has 3 aromatic rings. The van der Waals surface area contributed by atoms with Crippen molar-refractivity contribution in [1.29, 1.82) is 0 Å². The molecule has 4 rings (SSSR count). The highest BCUT2D eigenvalue weighted by Crippen LogP contribution is 2.47. The van der Waals surface area contributed by atoms with Crippen LogP contribution in [0.15, 0.2) is 36.4 Å². The van der Waals surface area contributed by atoms with Gasteiger partial charge in [-0.25, -0.2) is 4.39 Å². The molecular weight excluding hydrogens is 375 g/mol. The highest BCUT2D eigenvalue weighted by atomic mass is 35.5. The Bertz CT molecular complexity index is 1070. The first kappa shape index (κ1) is 16.8. The molecule has 2 heterocycles. The van der Waals surface area contributed by atoms with E-state index in [4.69, 9.17) is 23.8 Å². The minimum Gasteiger partial charge on any atom is -0.375 e. The SMILES string of the molecule is Cc1ccc2c(c1)NC(C)(C)c1sn(-c3ccc(Cl)c(F)c3)c(=S)c1-2. The van der Waals surface area contributed by atoms with Gasteiger partial charge >= 0.3 is 0 Å². The van der Waals surface area contributed by atoms with Crippen LogP contribution in [0.1, 0.15) is 24.3 Å². The standard InChI is InChI=1S/C19H16ClFN2S2/c1-10-4-6-12-15(8-10)22-19(2,3)17-16(12)18(24)23(25-17)11-5-7-13(20)14(21)9-11/h4-9,22H,1-3H3. The third-order valence-electron chi connectivity index (χ3n) is 4.40. The van der Waals surface area contributed by atoms with E-state index in [2.05, 4.69) is 44.3 Å². The largest absolute Gasteiger partial charge is 0.375 e. The van der Waals surface area contributed by atoms with E-state index in [1.165, 1.54) is 11.6 Å². The molecule has 0 saturated heterocycles. The van der Waals surface area contributed by atoms with Gasteiger partial charge in [0.15, 0.2) is 0 Å². The quantitative estimate of drug-likeness (QED) is 0.466. The number of nitrogens with zero attached hydrogens (tertiary/aromatic N) is 1. The van der Waals surface area contributed by atoms with Crippen LogP contribution in [0.2, 0.25) is 5.02 Å². The summed E-state index contributed by atoms with van der Waals surface area (Å²) in [5, 5.41) is 3.71. The summed E-state index contributed by atoms with van der Waals surface area (Å²) in [5.41, 5.74) is 4.85. The predicted octanol–water partition coefficient (Wildman–Crippen LogP) is 6.70. The van der Waals surface area contributed by atoms with Gasteiger partial charge in [0.2, 0.25) is 0 Å². The summed E-state index contributed by atoms with van der Waals surface area (Å²) in [5.74, 6) is -0.444. The number of benzene rings is 2. The summed E-state index contributed by atoms with van der Waals surface area (Å²) in [6.07, 6.45) is 0. The van der Waals surface area contributed by atoms with E-state index in [1.807, 2.05) is 3.96 Å². The first-order chi connectivity index (χ1) is 11.8. The number of halogens is 2. The molecule has 1 aliphatic heterocycles. The molecule has 25 heavy (non-hydrogen) atoms. The number of anilines is 1. The van der Waals surface area contributed by atoms with Gasteiger partial charge in [-0.1, -0.05) is 47.5 Å². The molecule has 128 valence electrons. The fraction of sp³-hybridized carbons (Fsp3) is 0.211. The first-order valence-electron chi connectivity index (χ1n) is 7.89. The van der Waals surface area contributed by atoms with Crippen LogP contribution < -0.4 is 5.32 Å². The fourth-order valence-corrected chi connectivity index (χ4v) is 4.96. The monoisotopic (exact) mass is 390 g/mol. The van der Waals surface area contributed by atoms with Gasteiger partial charge in [-0.2, -0.15) is 0 Å². The first-order valence-corrected chi connectivity index (χ1v) is 9.45. The molecule has 0 radical (unpaired) electrons. The number of hydrogen-bond acceptors (Lipinski definition) is 3. The second-order valence-electron chi connectivity index (χ2n) is 6.79. The molecule has 0 bridgehead atoms. The van der Waals surface area contributed by atoms with Crippen LogP contribution in [0.4, 0.5) is 10.1 Å². The zero-order valence-corrected chi connectivity index (χ0v) is 16.4. The maximum Gasteiger partial charge on any atom is 0.143 e. The summed E-state index contributed by atoms with van der Waals surface area (Å²) in [6.45, 7) is 6.34. The molecule has 0 atom stereocenters. The molecule has 1 N–H and O–H groups in total. The number of aromatic nitrogens is 1. The lowest BCUT2D eigenvalue weighted by Crippen LogP contribution is -2.30. The Balaban J connectivity index is 2.00. The number of aryl methyl sites for hydroxylation is 1. The van der Waals surface area contributed by atoms with Gasteiger partial charge in [0.1, 0.15) is 10.5 Å². The van der Waals surface area contributed by atoms with Crippen molar-refractivity contribution in [2.24, 2.45) is 0 Å². The van der Waals surface area contributed by atoms with Gasteiger partial charge in [-0.15, -0.1) is 0 Å². The summed E-state index contributed by atoms with van der Waals surface area (Å²) in [7, 11) is 0. The van der Waals surface area contributed by atoms with Crippen LogP contribution >= 0.6 is 35.4 Å². The van der Waals surface area contributed by atoms with Crippen LogP contribution in [-0.2, 0) is 5.54 Å². The molecule has 0 saturated carbocycles. The average molecular weight is 391 g/mol. The van der Waals surface area contributed by atoms with E-state index < -0.39 is 5.82 Å². The van der Waals surface area contributed by atoms with Gasteiger partial charge in [0.05, 0.1) is 21.1 Å². The van der Waals surface area contributed by atoms with Crippen LogP contribution in [-0.4, -0.2) is 3.96 Å². The van der Waals surface area contributed by atoms with E-state index in [-0.39, 0.29) is 10.6 Å². The highest BCUT2D eigenvalue weighted by molar-refractivity contribution is 7.71. The Kier molecular flexibility index (Phi) is 3.79. The van der Waals surface area contributed by atoms with Crippen molar-refractivity contribution < 1.29 is 4.39 Å². The maximum atomic E-state index is 13.9. The van der Waals surface area contributed by atoms with E-state index in [0.29, 0.717) is 10.3 Å². The Morgan fingerprint density at radius 1 is 1.20 bits per heavy atom. The molecule has 6 heteroatoms. The molecular formula is C19H16ClFN2S2. The molecule has 0 unspecified atom stereocenters. The lowest BCUT2D eigenvalue weighted by atomic mass is 9.89. The van der Waals surface area contributed by atoms with Crippen molar-refractivity contribution in [2.45, 2.75) is 26.3 Å². The van der Waals surface area contributed by atoms with Crippen LogP contribution in [0.3, 0.4) is 0 Å². The van der Waals surface area contributed by atoms with Crippen molar-refractivity contribution in [1.82, 2.24) is 3.96 Å². The molecule has 1 aromatic heterocycles. The van der Waals surface area contributed by atoms with E-state index in [0.717, 1.165) is 21.7 Å². The zero-order valence-electron chi connectivity index (χ0n) is 14.0. The summed E-state index contributed by atoms with van der Waals surface area (Å²) in [6, 6.07) is 11.1. The molecule has 0 amide bonds. The lowest BCUT2D eigenvalue weighted by Gasteiger charge is -2.33. The fourth-order valence-electron chi connectivity index (χ4n) is 3.20. The van der Waals surface area contributed by atoms with Crippen LogP contribution in [0, 0.1) is 17.4 Å². The number of rotatable bonds is 1. The number of nitrogens with one attached hydrogen (secondary N) is 1. The third-order valence-corrected chi connectivity index (χ3v) is 6.69. The average Bonchev–Trinajstić information content (AvgIpc) is 2.88. The smallest absolute Gasteiger partial charge is 0.143 e. The number of hydrogen-bond donors (Lipinski definition) is 1. The van der Waals surface area contributed by atoms with Crippen molar-refractivity contribution in [2.75, 3.05) is 5.32 Å². The summed E-state index contributed by atoms with van der Waals surface area (Å²) >= 11 is 13.1. The molecule has 2 aromatic carbocycles. The Hall–Kier alpha value is -1.69. The molecule has 0 aliphatic carbocycles. The van der Waals surface area contributed by atoms with Crippen molar-refractivity contribution in [3.63, 3.8) is 0 Å². The summed E-state index contributed by atoms with van der Waals surface area (Å²) < 4.78 is 16.5. The molecule has 1 aliphatic rings. The predicted molar refractivity (Wildman–Crippen MR) is 106 cm³/mol. The minimum atomic E-state index is -0.444. The van der Waals surface area contributed by atoms with E-state index >= 15 is 0 Å². The third kappa shape index (κ3) is 2.62. The van der Waals surface area contributed by atoms with Gasteiger partial charge in [-0.05, 0) is 44.5 Å².